The topological polar surface area (TPSA) is 21.3 Å². The van der Waals surface area contributed by atoms with Gasteiger partial charge in [0.1, 0.15) is 0 Å². The number of aryl methyl sites for hydroxylation is 2. The second kappa shape index (κ2) is 7.06. The molecule has 19 heavy (non-hydrogen) atoms. The van der Waals surface area contributed by atoms with Crippen molar-refractivity contribution >= 4 is 0 Å². The van der Waals surface area contributed by atoms with Crippen LogP contribution in [0.3, 0.4) is 0 Å². The molecule has 1 aromatic carbocycles. The van der Waals surface area contributed by atoms with Crippen molar-refractivity contribution in [3.05, 3.63) is 34.9 Å². The average molecular weight is 261 g/mol. The van der Waals surface area contributed by atoms with Crippen LogP contribution in [0.2, 0.25) is 0 Å². The maximum Gasteiger partial charge on any atom is 0.0576 e. The number of nitrogens with one attached hydrogen (secondary N) is 1. The molecule has 1 aliphatic heterocycles. The summed E-state index contributed by atoms with van der Waals surface area (Å²) in [6, 6.07) is 7.31. The van der Waals surface area contributed by atoms with Crippen molar-refractivity contribution in [1.29, 1.82) is 0 Å². The van der Waals surface area contributed by atoms with Gasteiger partial charge in [-0.2, -0.15) is 0 Å². The van der Waals surface area contributed by atoms with Gasteiger partial charge >= 0.3 is 0 Å². The smallest absolute Gasteiger partial charge is 0.0576 e. The van der Waals surface area contributed by atoms with Crippen molar-refractivity contribution < 1.29 is 4.74 Å². The monoisotopic (exact) mass is 261 g/mol. The molecular formula is C17H27NO. The number of ether oxygens (including phenoxy) is 1. The first-order chi connectivity index (χ1) is 9.19. The Morgan fingerprint density at radius 1 is 1.37 bits per heavy atom. The SMILES string of the molecule is CNC(CCC1CCCO1)Cc1cc(C)ccc1C. The summed E-state index contributed by atoms with van der Waals surface area (Å²) in [4.78, 5) is 0. The van der Waals surface area contributed by atoms with Gasteiger partial charge in [0.05, 0.1) is 6.10 Å². The van der Waals surface area contributed by atoms with Gasteiger partial charge in [-0.25, -0.2) is 0 Å². The molecule has 106 valence electrons. The van der Waals surface area contributed by atoms with Gasteiger partial charge < -0.3 is 10.1 Å². The average Bonchev–Trinajstić information content (AvgIpc) is 2.91. The standard InChI is InChI=1S/C17H27NO/c1-13-6-7-14(2)15(11-13)12-16(18-3)8-9-17-5-4-10-19-17/h6-7,11,16-18H,4-5,8-10,12H2,1-3H3. The third-order valence-corrected chi connectivity index (χ3v) is 4.24. The van der Waals surface area contributed by atoms with Crippen LogP contribution in [-0.2, 0) is 11.2 Å². The summed E-state index contributed by atoms with van der Waals surface area (Å²) in [7, 11) is 2.07. The fourth-order valence-electron chi connectivity index (χ4n) is 2.89. The van der Waals surface area contributed by atoms with E-state index in [-0.39, 0.29) is 0 Å². The summed E-state index contributed by atoms with van der Waals surface area (Å²) in [6.07, 6.45) is 6.52. The summed E-state index contributed by atoms with van der Waals surface area (Å²) < 4.78 is 5.71. The normalized spacial score (nSPS) is 20.7. The quantitative estimate of drug-likeness (QED) is 0.847. The van der Waals surface area contributed by atoms with Crippen LogP contribution in [0.4, 0.5) is 0 Å². The van der Waals surface area contributed by atoms with Crippen molar-refractivity contribution in [2.45, 2.75) is 58.1 Å². The molecule has 0 saturated carbocycles. The first kappa shape index (κ1) is 14.5. The van der Waals surface area contributed by atoms with Crippen LogP contribution in [0.1, 0.15) is 42.4 Å². The summed E-state index contributed by atoms with van der Waals surface area (Å²) in [6.45, 7) is 5.34. The van der Waals surface area contributed by atoms with Gasteiger partial charge in [-0.1, -0.05) is 23.8 Å². The maximum atomic E-state index is 5.71. The predicted octanol–water partition coefficient (Wildman–Crippen LogP) is 3.39. The highest BCUT2D eigenvalue weighted by Crippen LogP contribution is 2.20. The molecule has 0 aliphatic carbocycles. The van der Waals surface area contributed by atoms with Gasteiger partial charge in [-0.3, -0.25) is 0 Å². The lowest BCUT2D eigenvalue weighted by molar-refractivity contribution is 0.0998. The highest BCUT2D eigenvalue weighted by Gasteiger charge is 2.17. The van der Waals surface area contributed by atoms with Gasteiger partial charge in [0.15, 0.2) is 0 Å². The minimum Gasteiger partial charge on any atom is -0.378 e. The van der Waals surface area contributed by atoms with E-state index < -0.39 is 0 Å². The van der Waals surface area contributed by atoms with E-state index in [9.17, 15) is 0 Å². The van der Waals surface area contributed by atoms with E-state index in [0.717, 1.165) is 13.0 Å². The first-order valence-electron chi connectivity index (χ1n) is 7.54. The lowest BCUT2D eigenvalue weighted by Gasteiger charge is -2.19. The largest absolute Gasteiger partial charge is 0.378 e. The number of rotatable bonds is 6. The Labute approximate surface area is 117 Å². The summed E-state index contributed by atoms with van der Waals surface area (Å²) >= 11 is 0. The zero-order valence-corrected chi connectivity index (χ0v) is 12.5. The Kier molecular flexibility index (Phi) is 5.41. The molecule has 2 heteroatoms. The van der Waals surface area contributed by atoms with E-state index in [0.29, 0.717) is 12.1 Å². The molecule has 1 saturated heterocycles. The third kappa shape index (κ3) is 4.32. The Hall–Kier alpha value is -0.860. The van der Waals surface area contributed by atoms with Crippen molar-refractivity contribution in [3.63, 3.8) is 0 Å². The van der Waals surface area contributed by atoms with Crippen molar-refractivity contribution in [3.8, 4) is 0 Å². The van der Waals surface area contributed by atoms with Gasteiger partial charge in [-0.05, 0) is 64.1 Å². The zero-order chi connectivity index (χ0) is 13.7. The van der Waals surface area contributed by atoms with Crippen LogP contribution in [0.25, 0.3) is 0 Å². The highest BCUT2D eigenvalue weighted by atomic mass is 16.5. The number of likely N-dealkylation sites (N-methyl/N-ethyl adjacent to an activating group) is 1. The molecule has 2 atom stereocenters. The fourth-order valence-corrected chi connectivity index (χ4v) is 2.89. The molecule has 0 spiro atoms. The molecule has 2 nitrogen and oxygen atoms in total. The van der Waals surface area contributed by atoms with E-state index >= 15 is 0 Å². The Bertz CT molecular complexity index is 396. The van der Waals surface area contributed by atoms with E-state index in [1.807, 2.05) is 0 Å². The number of hydrogen-bond donors (Lipinski definition) is 1. The molecule has 2 rings (SSSR count). The van der Waals surface area contributed by atoms with Crippen LogP contribution in [0.15, 0.2) is 18.2 Å². The maximum absolute atomic E-state index is 5.71. The fraction of sp³-hybridized carbons (Fsp3) is 0.647. The van der Waals surface area contributed by atoms with Crippen LogP contribution in [0, 0.1) is 13.8 Å². The van der Waals surface area contributed by atoms with Crippen molar-refractivity contribution in [1.82, 2.24) is 5.32 Å². The molecular weight excluding hydrogens is 234 g/mol. The summed E-state index contributed by atoms with van der Waals surface area (Å²) in [5.74, 6) is 0. The third-order valence-electron chi connectivity index (χ3n) is 4.24. The van der Waals surface area contributed by atoms with Crippen LogP contribution < -0.4 is 5.32 Å². The molecule has 1 aromatic rings. The second-order valence-corrected chi connectivity index (χ2v) is 5.83. The summed E-state index contributed by atoms with van der Waals surface area (Å²) in [5, 5.41) is 3.47. The Morgan fingerprint density at radius 3 is 2.89 bits per heavy atom. The first-order valence-corrected chi connectivity index (χ1v) is 7.54. The van der Waals surface area contributed by atoms with Gasteiger partial charge in [0.25, 0.3) is 0 Å². The Morgan fingerprint density at radius 2 is 2.21 bits per heavy atom. The molecule has 0 bridgehead atoms. The zero-order valence-electron chi connectivity index (χ0n) is 12.5. The van der Waals surface area contributed by atoms with Crippen LogP contribution in [-0.4, -0.2) is 25.8 Å². The predicted molar refractivity (Wildman–Crippen MR) is 80.7 cm³/mol. The van der Waals surface area contributed by atoms with E-state index in [4.69, 9.17) is 4.74 Å². The molecule has 0 radical (unpaired) electrons. The van der Waals surface area contributed by atoms with Gasteiger partial charge in [-0.15, -0.1) is 0 Å². The van der Waals surface area contributed by atoms with Crippen molar-refractivity contribution in [2.24, 2.45) is 0 Å². The molecule has 1 heterocycles. The van der Waals surface area contributed by atoms with Crippen molar-refractivity contribution in [2.75, 3.05) is 13.7 Å². The number of benzene rings is 1. The minimum absolute atomic E-state index is 0.509. The molecule has 1 N–H and O–H groups in total. The van der Waals surface area contributed by atoms with E-state index in [2.05, 4.69) is 44.4 Å². The van der Waals surface area contributed by atoms with E-state index in [1.54, 1.807) is 0 Å². The lowest BCUT2D eigenvalue weighted by atomic mass is 9.95. The lowest BCUT2D eigenvalue weighted by Crippen LogP contribution is -2.29. The Balaban J connectivity index is 1.88. The highest BCUT2D eigenvalue weighted by molar-refractivity contribution is 5.31. The van der Waals surface area contributed by atoms with Gasteiger partial charge in [0.2, 0.25) is 0 Å². The van der Waals surface area contributed by atoms with Crippen LogP contribution in [0.5, 0.6) is 0 Å². The molecule has 0 aromatic heterocycles. The summed E-state index contributed by atoms with van der Waals surface area (Å²) in [5.41, 5.74) is 4.24. The van der Waals surface area contributed by atoms with Gasteiger partial charge in [0, 0.05) is 12.6 Å². The van der Waals surface area contributed by atoms with E-state index in [1.165, 1.54) is 42.4 Å². The van der Waals surface area contributed by atoms with Crippen LogP contribution >= 0.6 is 0 Å². The second-order valence-electron chi connectivity index (χ2n) is 5.83. The molecule has 2 unspecified atom stereocenters. The molecule has 1 fully saturated rings. The minimum atomic E-state index is 0.509. The molecule has 1 aliphatic rings. The number of hydrogen-bond acceptors (Lipinski definition) is 2. The molecule has 0 amide bonds.